The normalized spacial score (nSPS) is 12.1. The second-order valence-electron chi connectivity index (χ2n) is 4.57. The van der Waals surface area contributed by atoms with Gasteiger partial charge in [0.05, 0.1) is 5.16 Å². The third-order valence-electron chi connectivity index (χ3n) is 2.28. The highest BCUT2D eigenvalue weighted by molar-refractivity contribution is 7.78. The first kappa shape index (κ1) is 12.9. The summed E-state index contributed by atoms with van der Waals surface area (Å²) < 4.78 is 26.6. The minimum atomic E-state index is -3.28. The average Bonchev–Trinajstić information content (AvgIpc) is 2.16. The van der Waals surface area contributed by atoms with Crippen LogP contribution >= 0.6 is 12.2 Å². The lowest BCUT2D eigenvalue weighted by molar-refractivity contribution is 0.00708. The van der Waals surface area contributed by atoms with Crippen molar-refractivity contribution in [2.24, 2.45) is 4.99 Å². The minimum Gasteiger partial charge on any atom is -0.175 e. The molecule has 1 aromatic rings. The van der Waals surface area contributed by atoms with Crippen LogP contribution in [0.1, 0.15) is 31.9 Å². The van der Waals surface area contributed by atoms with Crippen LogP contribution in [0.15, 0.2) is 29.3 Å². The molecule has 0 bridgehead atoms. The number of hydrogen-bond donors (Lipinski definition) is 0. The summed E-state index contributed by atoms with van der Waals surface area (Å²) in [5.41, 5.74) is 0.776. The molecule has 0 saturated heterocycles. The van der Waals surface area contributed by atoms with Gasteiger partial charge in [-0.15, -0.1) is 0 Å². The van der Waals surface area contributed by atoms with Crippen LogP contribution in [-0.4, -0.2) is 5.16 Å². The van der Waals surface area contributed by atoms with Crippen LogP contribution in [0.4, 0.5) is 8.78 Å². The SMILES string of the molecule is CC(C)(C)c1ccc(C(F)(F)N=C=S)cc1. The van der Waals surface area contributed by atoms with Crippen LogP contribution in [0.5, 0.6) is 0 Å². The summed E-state index contributed by atoms with van der Waals surface area (Å²) in [7, 11) is 0. The first-order valence-corrected chi connectivity index (χ1v) is 5.26. The van der Waals surface area contributed by atoms with E-state index in [1.54, 1.807) is 17.3 Å². The molecule has 0 fully saturated rings. The summed E-state index contributed by atoms with van der Waals surface area (Å²) in [6.07, 6.45) is 0. The average molecular weight is 241 g/mol. The van der Waals surface area contributed by atoms with E-state index in [-0.39, 0.29) is 11.0 Å². The van der Waals surface area contributed by atoms with Crippen molar-refractivity contribution in [2.75, 3.05) is 0 Å². The number of halogens is 2. The van der Waals surface area contributed by atoms with E-state index >= 15 is 0 Å². The summed E-state index contributed by atoms with van der Waals surface area (Å²) >= 11 is 4.19. The predicted octanol–water partition coefficient (Wildman–Crippen LogP) is 4.14. The predicted molar refractivity (Wildman–Crippen MR) is 64.1 cm³/mol. The number of benzene rings is 1. The van der Waals surface area contributed by atoms with Gasteiger partial charge >= 0.3 is 6.05 Å². The maximum atomic E-state index is 13.3. The van der Waals surface area contributed by atoms with Gasteiger partial charge in [0.15, 0.2) is 0 Å². The standard InChI is InChI=1S/C12H13F2NS/c1-11(2,3)9-4-6-10(7-5-9)12(13,14)15-8-16/h4-7H,1-3H3. The zero-order valence-corrected chi connectivity index (χ0v) is 10.2. The monoisotopic (exact) mass is 241 g/mol. The quantitative estimate of drug-likeness (QED) is 0.430. The maximum absolute atomic E-state index is 13.3. The molecule has 0 aliphatic carbocycles. The Kier molecular flexibility index (Phi) is 3.56. The van der Waals surface area contributed by atoms with Gasteiger partial charge in [-0.25, -0.2) is 0 Å². The van der Waals surface area contributed by atoms with Crippen LogP contribution in [0.2, 0.25) is 0 Å². The Balaban J connectivity index is 3.09. The second kappa shape index (κ2) is 4.40. The van der Waals surface area contributed by atoms with E-state index in [9.17, 15) is 8.78 Å². The Morgan fingerprint density at radius 2 is 1.50 bits per heavy atom. The van der Waals surface area contributed by atoms with Gasteiger partial charge in [0, 0.05) is 5.56 Å². The summed E-state index contributed by atoms with van der Waals surface area (Å²) in [6, 6.07) is 2.83. The van der Waals surface area contributed by atoms with E-state index in [0.29, 0.717) is 0 Å². The molecule has 0 unspecified atom stereocenters. The number of alkyl halides is 2. The fourth-order valence-corrected chi connectivity index (χ4v) is 1.41. The molecule has 0 atom stereocenters. The first-order valence-electron chi connectivity index (χ1n) is 4.85. The van der Waals surface area contributed by atoms with E-state index < -0.39 is 6.05 Å². The minimum absolute atomic E-state index is 0.0543. The van der Waals surface area contributed by atoms with Crippen molar-refractivity contribution < 1.29 is 8.78 Å². The zero-order chi connectivity index (χ0) is 12.4. The van der Waals surface area contributed by atoms with E-state index in [1.807, 2.05) is 20.8 Å². The zero-order valence-electron chi connectivity index (χ0n) is 9.42. The Bertz CT molecular complexity index is 412. The highest BCUT2D eigenvalue weighted by Gasteiger charge is 2.30. The third kappa shape index (κ3) is 2.94. The molecule has 0 heterocycles. The highest BCUT2D eigenvalue weighted by Crippen LogP contribution is 2.31. The molecular weight excluding hydrogens is 228 g/mol. The van der Waals surface area contributed by atoms with Gasteiger partial charge < -0.3 is 0 Å². The summed E-state index contributed by atoms with van der Waals surface area (Å²) in [4.78, 5) is 2.85. The molecule has 0 radical (unpaired) electrons. The maximum Gasteiger partial charge on any atom is 0.377 e. The van der Waals surface area contributed by atoms with Crippen molar-refractivity contribution in [3.05, 3.63) is 35.4 Å². The van der Waals surface area contributed by atoms with Gasteiger partial charge in [-0.1, -0.05) is 45.0 Å². The number of nitrogens with zero attached hydrogens (tertiary/aromatic N) is 1. The largest absolute Gasteiger partial charge is 0.377 e. The summed E-state index contributed by atoms with van der Waals surface area (Å²) in [5, 5.41) is 1.71. The van der Waals surface area contributed by atoms with Crippen molar-refractivity contribution in [1.82, 2.24) is 0 Å². The molecular formula is C12H13F2NS. The molecule has 0 aromatic heterocycles. The smallest absolute Gasteiger partial charge is 0.175 e. The van der Waals surface area contributed by atoms with Crippen LogP contribution in [0.25, 0.3) is 0 Å². The number of thiocarbonyl (C=S) groups is 1. The number of aliphatic imine (C=N–C) groups is 1. The van der Waals surface area contributed by atoms with Crippen molar-refractivity contribution in [3.63, 3.8) is 0 Å². The van der Waals surface area contributed by atoms with E-state index in [1.165, 1.54) is 12.1 Å². The number of rotatable bonds is 2. The second-order valence-corrected chi connectivity index (χ2v) is 4.75. The van der Waals surface area contributed by atoms with Crippen LogP contribution in [-0.2, 0) is 11.5 Å². The van der Waals surface area contributed by atoms with Crippen molar-refractivity contribution in [3.8, 4) is 0 Å². The lowest BCUT2D eigenvalue weighted by atomic mass is 9.86. The molecule has 0 amide bonds. The summed E-state index contributed by atoms with van der Waals surface area (Å²) in [5.74, 6) is 0. The lowest BCUT2D eigenvalue weighted by Gasteiger charge is -2.19. The van der Waals surface area contributed by atoms with Gasteiger partial charge in [-0.2, -0.15) is 13.8 Å². The topological polar surface area (TPSA) is 12.4 Å². The molecule has 0 aliphatic rings. The Labute approximate surface area is 99.2 Å². The Morgan fingerprint density at radius 1 is 1.06 bits per heavy atom. The van der Waals surface area contributed by atoms with Crippen LogP contribution < -0.4 is 0 Å². The van der Waals surface area contributed by atoms with Gasteiger partial charge in [0.25, 0.3) is 0 Å². The number of isothiocyanates is 1. The molecule has 1 rings (SSSR count). The molecule has 4 heteroatoms. The van der Waals surface area contributed by atoms with Crippen molar-refractivity contribution in [2.45, 2.75) is 32.2 Å². The molecule has 1 nitrogen and oxygen atoms in total. The number of hydrogen-bond acceptors (Lipinski definition) is 2. The Morgan fingerprint density at radius 3 is 1.88 bits per heavy atom. The van der Waals surface area contributed by atoms with Crippen LogP contribution in [0, 0.1) is 0 Å². The van der Waals surface area contributed by atoms with Crippen molar-refractivity contribution in [1.29, 1.82) is 0 Å². The van der Waals surface area contributed by atoms with Gasteiger partial charge in [0.1, 0.15) is 0 Å². The van der Waals surface area contributed by atoms with Crippen LogP contribution in [0.3, 0.4) is 0 Å². The molecule has 0 saturated carbocycles. The fraction of sp³-hybridized carbons (Fsp3) is 0.417. The molecule has 1 aromatic carbocycles. The van der Waals surface area contributed by atoms with Gasteiger partial charge in [0.2, 0.25) is 0 Å². The van der Waals surface area contributed by atoms with Gasteiger partial charge in [-0.05, 0) is 23.2 Å². The Hall–Kier alpha value is -1.12. The molecule has 0 N–H and O–H groups in total. The first-order chi connectivity index (χ1) is 7.27. The van der Waals surface area contributed by atoms with Crippen molar-refractivity contribution >= 4 is 17.4 Å². The summed E-state index contributed by atoms with van der Waals surface area (Å²) in [6.45, 7) is 6.07. The molecule has 0 spiro atoms. The van der Waals surface area contributed by atoms with E-state index in [0.717, 1.165) is 5.56 Å². The fourth-order valence-electron chi connectivity index (χ4n) is 1.29. The molecule has 86 valence electrons. The lowest BCUT2D eigenvalue weighted by Crippen LogP contribution is -2.13. The van der Waals surface area contributed by atoms with E-state index in [4.69, 9.17) is 0 Å². The highest BCUT2D eigenvalue weighted by atomic mass is 32.1. The molecule has 0 aliphatic heterocycles. The van der Waals surface area contributed by atoms with E-state index in [2.05, 4.69) is 17.2 Å². The third-order valence-corrected chi connectivity index (χ3v) is 2.38. The van der Waals surface area contributed by atoms with Gasteiger partial charge in [-0.3, -0.25) is 0 Å². The molecule has 16 heavy (non-hydrogen) atoms.